The van der Waals surface area contributed by atoms with Crippen molar-refractivity contribution in [3.05, 3.63) is 0 Å². The van der Waals surface area contributed by atoms with E-state index in [1.165, 1.54) is 0 Å². The summed E-state index contributed by atoms with van der Waals surface area (Å²) in [5, 5.41) is 3.98. The van der Waals surface area contributed by atoms with E-state index in [-0.39, 0.29) is 5.91 Å². The molecule has 0 saturated carbocycles. The Hall–Kier alpha value is -0.0900. The molecule has 0 aromatic carbocycles. The van der Waals surface area contributed by atoms with E-state index in [1.54, 1.807) is 0 Å². The monoisotopic (exact) mass is 220 g/mol. The number of hydrogen-bond acceptors (Lipinski definition) is 2. The zero-order chi connectivity index (χ0) is 8.10. The topological polar surface area (TPSA) is 32.3 Å². The lowest BCUT2D eigenvalue weighted by Gasteiger charge is -2.27. The van der Waals surface area contributed by atoms with Crippen LogP contribution in [-0.2, 0) is 4.79 Å². The van der Waals surface area contributed by atoms with Crippen LogP contribution in [0, 0.1) is 0 Å². The second-order valence-electron chi connectivity index (χ2n) is 2.57. The van der Waals surface area contributed by atoms with Gasteiger partial charge in [0.1, 0.15) is 0 Å². The van der Waals surface area contributed by atoms with Gasteiger partial charge < -0.3 is 10.2 Å². The number of alkyl halides is 1. The SMILES string of the molecule is O=C(CCBr)N1CCNCC1. The predicted molar refractivity (Wildman–Crippen MR) is 47.9 cm³/mol. The molecular formula is C7H13BrN2O. The number of carbonyl (C=O) groups excluding carboxylic acids is 1. The van der Waals surface area contributed by atoms with Crippen LogP contribution in [0.15, 0.2) is 0 Å². The Balaban J connectivity index is 2.27. The quantitative estimate of drug-likeness (QED) is 0.676. The van der Waals surface area contributed by atoms with Crippen LogP contribution in [0.1, 0.15) is 6.42 Å². The average molecular weight is 221 g/mol. The lowest BCUT2D eigenvalue weighted by Crippen LogP contribution is -2.46. The molecule has 0 spiro atoms. The molecule has 1 heterocycles. The number of halogens is 1. The Morgan fingerprint density at radius 2 is 2.09 bits per heavy atom. The summed E-state index contributed by atoms with van der Waals surface area (Å²) >= 11 is 3.25. The molecule has 1 aliphatic heterocycles. The highest BCUT2D eigenvalue weighted by molar-refractivity contribution is 9.09. The summed E-state index contributed by atoms with van der Waals surface area (Å²) in [5.41, 5.74) is 0. The second-order valence-corrected chi connectivity index (χ2v) is 3.36. The van der Waals surface area contributed by atoms with Gasteiger partial charge in [0.2, 0.25) is 5.91 Å². The lowest BCUT2D eigenvalue weighted by atomic mass is 10.3. The molecule has 1 rings (SSSR count). The van der Waals surface area contributed by atoms with Crippen LogP contribution in [0.4, 0.5) is 0 Å². The Morgan fingerprint density at radius 1 is 1.45 bits per heavy atom. The van der Waals surface area contributed by atoms with E-state index in [0.29, 0.717) is 6.42 Å². The summed E-state index contributed by atoms with van der Waals surface area (Å²) in [6, 6.07) is 0. The molecule has 0 atom stereocenters. The molecule has 11 heavy (non-hydrogen) atoms. The maximum Gasteiger partial charge on any atom is 0.223 e. The molecule has 0 aromatic rings. The number of hydrogen-bond donors (Lipinski definition) is 1. The largest absolute Gasteiger partial charge is 0.340 e. The van der Waals surface area contributed by atoms with Crippen LogP contribution < -0.4 is 5.32 Å². The van der Waals surface area contributed by atoms with Crippen molar-refractivity contribution >= 4 is 21.8 Å². The second kappa shape index (κ2) is 4.72. The maximum atomic E-state index is 11.3. The van der Waals surface area contributed by atoms with Gasteiger partial charge in [0, 0.05) is 37.9 Å². The number of piperazine rings is 1. The molecule has 0 radical (unpaired) electrons. The number of carbonyl (C=O) groups is 1. The predicted octanol–water partition coefficient (Wildman–Crippen LogP) is 0.203. The van der Waals surface area contributed by atoms with Gasteiger partial charge in [0.25, 0.3) is 0 Å². The Bertz CT molecular complexity index is 134. The molecular weight excluding hydrogens is 208 g/mol. The van der Waals surface area contributed by atoms with Gasteiger partial charge in [-0.3, -0.25) is 4.79 Å². The number of rotatable bonds is 2. The van der Waals surface area contributed by atoms with Crippen LogP contribution in [0.3, 0.4) is 0 Å². The lowest BCUT2D eigenvalue weighted by molar-refractivity contribution is -0.131. The van der Waals surface area contributed by atoms with Gasteiger partial charge in [-0.15, -0.1) is 0 Å². The highest BCUT2D eigenvalue weighted by Crippen LogP contribution is 1.98. The Kier molecular flexibility index (Phi) is 3.86. The van der Waals surface area contributed by atoms with Crippen LogP contribution in [-0.4, -0.2) is 42.3 Å². The minimum Gasteiger partial charge on any atom is -0.340 e. The summed E-state index contributed by atoms with van der Waals surface area (Å²) < 4.78 is 0. The molecule has 0 bridgehead atoms. The Morgan fingerprint density at radius 3 is 2.64 bits per heavy atom. The van der Waals surface area contributed by atoms with Crippen molar-refractivity contribution in [2.75, 3.05) is 31.5 Å². The molecule has 3 nitrogen and oxygen atoms in total. The van der Waals surface area contributed by atoms with Gasteiger partial charge in [0.05, 0.1) is 0 Å². The van der Waals surface area contributed by atoms with Gasteiger partial charge in [-0.1, -0.05) is 15.9 Å². The normalized spacial score (nSPS) is 18.5. The number of nitrogens with one attached hydrogen (secondary N) is 1. The fraction of sp³-hybridized carbons (Fsp3) is 0.857. The maximum absolute atomic E-state index is 11.3. The minimum absolute atomic E-state index is 0.267. The molecule has 1 amide bonds. The van der Waals surface area contributed by atoms with Crippen LogP contribution in [0.25, 0.3) is 0 Å². The average Bonchev–Trinajstić information content (AvgIpc) is 2.07. The molecule has 0 aliphatic carbocycles. The molecule has 1 N–H and O–H groups in total. The van der Waals surface area contributed by atoms with Crippen LogP contribution >= 0.6 is 15.9 Å². The van der Waals surface area contributed by atoms with Gasteiger partial charge >= 0.3 is 0 Å². The highest BCUT2D eigenvalue weighted by Gasteiger charge is 2.14. The van der Waals surface area contributed by atoms with Gasteiger partial charge in [-0.2, -0.15) is 0 Å². The third-order valence-electron chi connectivity index (χ3n) is 1.78. The van der Waals surface area contributed by atoms with Crippen LogP contribution in [0.2, 0.25) is 0 Å². The van der Waals surface area contributed by atoms with E-state index in [4.69, 9.17) is 0 Å². The van der Waals surface area contributed by atoms with E-state index in [0.717, 1.165) is 31.5 Å². The summed E-state index contributed by atoms with van der Waals surface area (Å²) in [6.45, 7) is 3.61. The fourth-order valence-electron chi connectivity index (χ4n) is 1.15. The Labute approximate surface area is 75.3 Å². The molecule has 1 fully saturated rings. The van der Waals surface area contributed by atoms with Gasteiger partial charge in [0.15, 0.2) is 0 Å². The van der Waals surface area contributed by atoms with E-state index in [2.05, 4.69) is 21.2 Å². The molecule has 1 aliphatic rings. The molecule has 1 saturated heterocycles. The fourth-order valence-corrected chi connectivity index (χ4v) is 1.49. The molecule has 0 aromatic heterocycles. The van der Waals surface area contributed by atoms with Crippen molar-refractivity contribution in [1.82, 2.24) is 10.2 Å². The number of nitrogens with zero attached hydrogens (tertiary/aromatic N) is 1. The van der Waals surface area contributed by atoms with E-state index >= 15 is 0 Å². The summed E-state index contributed by atoms with van der Waals surface area (Å²) in [4.78, 5) is 13.2. The minimum atomic E-state index is 0.267. The van der Waals surface area contributed by atoms with Gasteiger partial charge in [-0.25, -0.2) is 0 Å². The van der Waals surface area contributed by atoms with E-state index < -0.39 is 0 Å². The first kappa shape index (κ1) is 9.00. The number of amides is 1. The summed E-state index contributed by atoms with van der Waals surface area (Å²) in [5.74, 6) is 0.267. The van der Waals surface area contributed by atoms with Gasteiger partial charge in [-0.05, 0) is 0 Å². The standard InChI is InChI=1S/C7H13BrN2O/c8-2-1-7(11)10-5-3-9-4-6-10/h9H,1-6H2. The first-order valence-electron chi connectivity index (χ1n) is 3.89. The van der Waals surface area contributed by atoms with E-state index in [1.807, 2.05) is 4.90 Å². The van der Waals surface area contributed by atoms with Crippen molar-refractivity contribution in [1.29, 1.82) is 0 Å². The van der Waals surface area contributed by atoms with Crippen LogP contribution in [0.5, 0.6) is 0 Å². The van der Waals surface area contributed by atoms with E-state index in [9.17, 15) is 4.79 Å². The molecule has 4 heteroatoms. The highest BCUT2D eigenvalue weighted by atomic mass is 79.9. The smallest absolute Gasteiger partial charge is 0.223 e. The zero-order valence-electron chi connectivity index (χ0n) is 6.48. The third-order valence-corrected chi connectivity index (χ3v) is 2.17. The zero-order valence-corrected chi connectivity index (χ0v) is 8.06. The van der Waals surface area contributed by atoms with Crippen molar-refractivity contribution in [3.63, 3.8) is 0 Å². The van der Waals surface area contributed by atoms with Crippen molar-refractivity contribution in [3.8, 4) is 0 Å². The summed E-state index contributed by atoms with van der Waals surface area (Å²) in [6.07, 6.45) is 0.625. The van der Waals surface area contributed by atoms with Crippen molar-refractivity contribution in [2.24, 2.45) is 0 Å². The molecule has 0 unspecified atom stereocenters. The van der Waals surface area contributed by atoms with Crippen molar-refractivity contribution < 1.29 is 4.79 Å². The first-order valence-corrected chi connectivity index (χ1v) is 5.01. The molecule has 64 valence electrons. The first-order chi connectivity index (χ1) is 5.34. The van der Waals surface area contributed by atoms with Crippen molar-refractivity contribution in [2.45, 2.75) is 6.42 Å². The third kappa shape index (κ3) is 2.79. The summed E-state index contributed by atoms with van der Waals surface area (Å²) in [7, 11) is 0.